The molecule has 2 saturated carbocycles. The monoisotopic (exact) mass is 815 g/mol. The number of rotatable bonds is 9. The van der Waals surface area contributed by atoms with Gasteiger partial charge in [0.15, 0.2) is 5.65 Å². The number of likely N-dealkylation sites (tertiary alicyclic amines) is 1. The van der Waals surface area contributed by atoms with Gasteiger partial charge < -0.3 is 20.3 Å². The Bertz CT molecular complexity index is 2530. The van der Waals surface area contributed by atoms with Crippen molar-refractivity contribution in [1.29, 1.82) is 0 Å². The number of hydrogen-bond donors (Lipinski definition) is 3. The molecule has 16 heteroatoms. The number of nitrogens with one attached hydrogen (secondary N) is 3. The molecular formula is C43H45N9O6S. The van der Waals surface area contributed by atoms with Crippen LogP contribution < -0.4 is 20.7 Å². The van der Waals surface area contributed by atoms with E-state index in [0.717, 1.165) is 78.3 Å². The normalized spacial score (nSPS) is 23.4. The van der Waals surface area contributed by atoms with E-state index in [1.165, 1.54) is 19.0 Å². The molecule has 2 aromatic carbocycles. The highest BCUT2D eigenvalue weighted by atomic mass is 32.1. The smallest absolute Gasteiger partial charge is 0.264 e. The lowest BCUT2D eigenvalue weighted by Crippen LogP contribution is -2.54. The third kappa shape index (κ3) is 6.81. The van der Waals surface area contributed by atoms with E-state index in [1.54, 1.807) is 53.6 Å². The maximum atomic E-state index is 13.6. The van der Waals surface area contributed by atoms with Crippen molar-refractivity contribution in [3.8, 4) is 5.75 Å². The van der Waals surface area contributed by atoms with E-state index in [9.17, 15) is 24.0 Å². The Morgan fingerprint density at radius 1 is 1.00 bits per heavy atom. The molecule has 304 valence electrons. The first-order valence-corrected chi connectivity index (χ1v) is 21.4. The molecule has 1 atom stereocenters. The summed E-state index contributed by atoms with van der Waals surface area (Å²) >= 11 is 1.70. The molecule has 3 aliphatic heterocycles. The van der Waals surface area contributed by atoms with Crippen molar-refractivity contribution in [3.05, 3.63) is 76.7 Å². The van der Waals surface area contributed by atoms with Crippen molar-refractivity contribution in [1.82, 2.24) is 34.7 Å². The lowest BCUT2D eigenvalue weighted by Gasteiger charge is -2.53. The number of aromatic nitrogens is 4. The fraction of sp³-hybridized carbons (Fsp3) is 0.442. The highest BCUT2D eigenvalue weighted by Crippen LogP contribution is 2.51. The highest BCUT2D eigenvalue weighted by Gasteiger charge is 2.48. The Morgan fingerprint density at radius 2 is 1.81 bits per heavy atom. The molecule has 0 bridgehead atoms. The van der Waals surface area contributed by atoms with Gasteiger partial charge >= 0.3 is 0 Å². The van der Waals surface area contributed by atoms with Gasteiger partial charge in [0, 0.05) is 49.1 Å². The Morgan fingerprint density at radius 3 is 2.59 bits per heavy atom. The molecule has 59 heavy (non-hydrogen) atoms. The minimum atomic E-state index is -0.976. The van der Waals surface area contributed by atoms with Gasteiger partial charge in [0.1, 0.15) is 17.4 Å². The molecule has 10 rings (SSSR count). The molecule has 15 nitrogen and oxygen atoms in total. The second-order valence-corrected chi connectivity index (χ2v) is 18.0. The van der Waals surface area contributed by atoms with Crippen molar-refractivity contribution in [2.45, 2.75) is 82.2 Å². The number of piperidine rings is 2. The minimum Gasteiger partial charge on any atom is -0.494 e. The van der Waals surface area contributed by atoms with E-state index >= 15 is 0 Å². The summed E-state index contributed by atoms with van der Waals surface area (Å²) in [6, 6.07) is 10.1. The van der Waals surface area contributed by atoms with Gasteiger partial charge in [-0.3, -0.25) is 34.2 Å². The minimum absolute atomic E-state index is 0.0947. The third-order valence-corrected chi connectivity index (χ3v) is 14.5. The molecule has 0 radical (unpaired) electrons. The summed E-state index contributed by atoms with van der Waals surface area (Å²) < 4.78 is 8.25. The molecular weight excluding hydrogens is 771 g/mol. The lowest BCUT2D eigenvalue weighted by molar-refractivity contribution is -0.136. The first-order valence-electron chi connectivity index (χ1n) is 20.6. The van der Waals surface area contributed by atoms with Crippen LogP contribution in [0.2, 0.25) is 0 Å². The number of imide groups is 2. The fourth-order valence-electron chi connectivity index (χ4n) is 10.1. The van der Waals surface area contributed by atoms with Gasteiger partial charge in [-0.25, -0.2) is 14.5 Å². The van der Waals surface area contributed by atoms with Crippen LogP contribution in [0.25, 0.3) is 15.9 Å². The van der Waals surface area contributed by atoms with Crippen molar-refractivity contribution in [2.75, 3.05) is 37.4 Å². The number of benzene rings is 2. The van der Waals surface area contributed by atoms with Crippen molar-refractivity contribution >= 4 is 68.1 Å². The maximum Gasteiger partial charge on any atom is 0.264 e. The summed E-state index contributed by atoms with van der Waals surface area (Å²) in [6.07, 6.45) is 14.1. The first kappa shape index (κ1) is 37.5. The van der Waals surface area contributed by atoms with Crippen LogP contribution >= 0.6 is 11.3 Å². The van der Waals surface area contributed by atoms with Gasteiger partial charge in [0.25, 0.3) is 17.7 Å². The second kappa shape index (κ2) is 14.8. The van der Waals surface area contributed by atoms with E-state index in [0.29, 0.717) is 56.7 Å². The molecule has 2 aliphatic carbocycles. The zero-order chi connectivity index (χ0) is 40.4. The van der Waals surface area contributed by atoms with Crippen LogP contribution in [0.5, 0.6) is 5.75 Å². The number of methoxy groups -OCH3 is 1. The lowest BCUT2D eigenvalue weighted by atomic mass is 9.60. The molecule has 3 N–H and O–H groups in total. The largest absolute Gasteiger partial charge is 0.494 e. The van der Waals surface area contributed by atoms with E-state index < -0.39 is 23.8 Å². The van der Waals surface area contributed by atoms with Crippen LogP contribution in [-0.4, -0.2) is 97.7 Å². The standard InChI is InChI=1S/C43H45N9O6S/c1-58-33-18-31-34(19-30(33)47-38(54)28-22-45-51-15-3-14-44-37(28)51)59-40(48-31)25-8-6-24(7-9-25)23-50-16-12-43(13-17-50)20-26(21-43)46-29-5-2-4-27-36(29)42(57)52(41(27)56)32-10-11-35(53)49-39(32)55/h2-5,14-15,18-19,22,24-26,32,46H,6-13,16-17,20-21,23H2,1H3,(H,47,54)(H,49,53,55)/t24-,25-,32?. The van der Waals surface area contributed by atoms with Crippen LogP contribution in [0.15, 0.2) is 55.0 Å². The number of nitrogens with zero attached hydrogens (tertiary/aromatic N) is 6. The summed E-state index contributed by atoms with van der Waals surface area (Å²) in [5.74, 6) is -0.605. The quantitative estimate of drug-likeness (QED) is 0.157. The Balaban J connectivity index is 0.704. The summed E-state index contributed by atoms with van der Waals surface area (Å²) in [6.45, 7) is 3.31. The average Bonchev–Trinajstić information content (AvgIpc) is 3.92. The molecule has 2 saturated heterocycles. The third-order valence-electron chi connectivity index (χ3n) is 13.3. The molecule has 5 amide bonds. The number of hydrogen-bond acceptors (Lipinski definition) is 12. The SMILES string of the molecule is COc1cc2nc([C@H]3CC[C@H](CN4CCC5(CC4)CC(Nc4cccc6c4C(=O)N(C4CCC(=O)NC4=O)C6=O)C5)CC3)sc2cc1NC(=O)c1cnn2cccnc12. The van der Waals surface area contributed by atoms with E-state index in [4.69, 9.17) is 9.72 Å². The summed E-state index contributed by atoms with van der Waals surface area (Å²) in [7, 11) is 1.60. The molecule has 5 aromatic rings. The molecule has 5 aliphatic rings. The van der Waals surface area contributed by atoms with Gasteiger partial charge in [-0.05, 0) is 106 Å². The van der Waals surface area contributed by atoms with Crippen LogP contribution in [-0.2, 0) is 9.59 Å². The fourth-order valence-corrected chi connectivity index (χ4v) is 11.3. The maximum absolute atomic E-state index is 13.6. The van der Waals surface area contributed by atoms with Crippen LogP contribution in [0.3, 0.4) is 0 Å². The first-order chi connectivity index (χ1) is 28.6. The van der Waals surface area contributed by atoms with Crippen molar-refractivity contribution in [2.24, 2.45) is 11.3 Å². The van der Waals surface area contributed by atoms with Gasteiger partial charge in [-0.1, -0.05) is 6.07 Å². The van der Waals surface area contributed by atoms with Crippen molar-refractivity contribution in [3.63, 3.8) is 0 Å². The zero-order valence-corrected chi connectivity index (χ0v) is 33.6. The predicted octanol–water partition coefficient (Wildman–Crippen LogP) is 5.63. The number of carbonyl (C=O) groups excluding carboxylic acids is 5. The number of carbonyl (C=O) groups is 5. The van der Waals surface area contributed by atoms with Crippen LogP contribution in [0, 0.1) is 11.3 Å². The molecule has 1 spiro atoms. The van der Waals surface area contributed by atoms with Gasteiger partial charge in [0.2, 0.25) is 11.8 Å². The average molecular weight is 816 g/mol. The zero-order valence-electron chi connectivity index (χ0n) is 32.7. The molecule has 6 heterocycles. The van der Waals surface area contributed by atoms with E-state index in [1.807, 2.05) is 18.2 Å². The predicted molar refractivity (Wildman–Crippen MR) is 220 cm³/mol. The molecule has 1 unspecified atom stereocenters. The summed E-state index contributed by atoms with van der Waals surface area (Å²) in [5.41, 5.74) is 3.91. The van der Waals surface area contributed by atoms with Gasteiger partial charge in [-0.2, -0.15) is 5.10 Å². The second-order valence-electron chi connectivity index (χ2n) is 16.9. The Kier molecular flexibility index (Phi) is 9.43. The number of fused-ring (bicyclic) bond motifs is 3. The van der Waals surface area contributed by atoms with E-state index in [-0.39, 0.29) is 30.7 Å². The van der Waals surface area contributed by atoms with Gasteiger partial charge in [-0.15, -0.1) is 11.3 Å². The van der Waals surface area contributed by atoms with Gasteiger partial charge in [0.05, 0.1) is 45.3 Å². The molecule has 4 fully saturated rings. The van der Waals surface area contributed by atoms with Crippen LogP contribution in [0.1, 0.15) is 106 Å². The number of thiazole rings is 1. The summed E-state index contributed by atoms with van der Waals surface area (Å²) in [4.78, 5) is 77.3. The summed E-state index contributed by atoms with van der Waals surface area (Å²) in [5, 5.41) is 14.2. The molecule has 3 aromatic heterocycles. The Hall–Kier alpha value is -5.74. The number of anilines is 2. The topological polar surface area (TPSA) is 180 Å². The highest BCUT2D eigenvalue weighted by molar-refractivity contribution is 7.18. The van der Waals surface area contributed by atoms with E-state index in [2.05, 4.69) is 30.9 Å². The Labute approximate surface area is 343 Å². The van der Waals surface area contributed by atoms with Crippen molar-refractivity contribution < 1.29 is 28.7 Å². The number of amides is 5. The van der Waals surface area contributed by atoms with Crippen LogP contribution in [0.4, 0.5) is 11.4 Å². The number of ether oxygens (including phenoxy) is 1.